The molecule has 0 aromatic rings. The molecule has 3 rings (SSSR count). The summed E-state index contributed by atoms with van der Waals surface area (Å²) in [6.07, 6.45) is 14.4. The summed E-state index contributed by atoms with van der Waals surface area (Å²) in [5.41, 5.74) is 0.0108. The van der Waals surface area contributed by atoms with E-state index >= 15 is 0 Å². The third-order valence-corrected chi connectivity index (χ3v) is 6.89. The minimum Gasteiger partial charge on any atom is -0.320 e. The first-order chi connectivity index (χ1) is 12.5. The number of hydrogen-bond donors (Lipinski definition) is 1. The minimum atomic E-state index is -0.892. The number of carbonyl (C=O) groups excluding carboxylic acids is 2. The average molecular weight is 362 g/mol. The molecule has 5 heteroatoms. The maximum Gasteiger partial charge on any atom is 0.326 e. The van der Waals surface area contributed by atoms with Gasteiger partial charge in [-0.2, -0.15) is 0 Å². The summed E-state index contributed by atoms with van der Waals surface area (Å²) in [4.78, 5) is 29.8. The van der Waals surface area contributed by atoms with E-state index in [0.29, 0.717) is 18.8 Å². The fourth-order valence-electron chi connectivity index (χ4n) is 4.90. The Morgan fingerprint density at radius 3 is 2.04 bits per heavy atom. The van der Waals surface area contributed by atoms with Gasteiger partial charge in [-0.05, 0) is 52.0 Å². The van der Waals surface area contributed by atoms with Gasteiger partial charge in [0.2, 0.25) is 0 Å². The van der Waals surface area contributed by atoms with Crippen LogP contribution >= 0.6 is 0 Å². The van der Waals surface area contributed by atoms with E-state index < -0.39 is 5.54 Å². The summed E-state index contributed by atoms with van der Waals surface area (Å²) in [5.74, 6) is -0.102. The molecule has 0 aromatic heterocycles. The Balaban J connectivity index is 1.79. The molecule has 0 bridgehead atoms. The maximum atomic E-state index is 13.1. The summed E-state index contributed by atoms with van der Waals surface area (Å²) in [5, 5.41) is 2.93. The number of nitrogens with one attached hydrogen (secondary N) is 1. The van der Waals surface area contributed by atoms with Gasteiger partial charge in [-0.1, -0.05) is 44.6 Å². The van der Waals surface area contributed by atoms with Crippen molar-refractivity contribution in [3.05, 3.63) is 11.6 Å². The van der Waals surface area contributed by atoms with Crippen LogP contribution in [0, 0.1) is 0 Å². The monoisotopic (exact) mass is 361 g/mol. The minimum absolute atomic E-state index is 0.102. The predicted molar refractivity (Wildman–Crippen MR) is 104 cm³/mol. The molecule has 0 spiro atoms. The third kappa shape index (κ3) is 3.68. The molecule has 26 heavy (non-hydrogen) atoms. The SMILES string of the molecule is CC=C(C)C1(C)NC(=O)N(CN(C2CCCCC2)C2CCCCC2)C1=O. The van der Waals surface area contributed by atoms with E-state index in [1.165, 1.54) is 69.1 Å². The van der Waals surface area contributed by atoms with Crippen molar-refractivity contribution in [1.29, 1.82) is 0 Å². The molecule has 3 aliphatic rings. The van der Waals surface area contributed by atoms with Crippen molar-refractivity contribution in [2.24, 2.45) is 0 Å². The molecule has 1 unspecified atom stereocenters. The second-order valence-corrected chi connectivity index (χ2v) is 8.50. The lowest BCUT2D eigenvalue weighted by molar-refractivity contribution is -0.132. The van der Waals surface area contributed by atoms with Crippen LogP contribution in [0.5, 0.6) is 0 Å². The van der Waals surface area contributed by atoms with E-state index in [2.05, 4.69) is 10.2 Å². The highest BCUT2D eigenvalue weighted by molar-refractivity contribution is 6.08. The van der Waals surface area contributed by atoms with Crippen molar-refractivity contribution in [2.45, 2.75) is 103 Å². The van der Waals surface area contributed by atoms with Gasteiger partial charge in [0.05, 0.1) is 6.67 Å². The molecule has 1 aliphatic heterocycles. The zero-order valence-corrected chi connectivity index (χ0v) is 16.7. The van der Waals surface area contributed by atoms with Gasteiger partial charge in [0.1, 0.15) is 5.54 Å². The second-order valence-electron chi connectivity index (χ2n) is 8.50. The van der Waals surface area contributed by atoms with Gasteiger partial charge in [0.15, 0.2) is 0 Å². The van der Waals surface area contributed by atoms with Gasteiger partial charge in [0.25, 0.3) is 5.91 Å². The highest BCUT2D eigenvalue weighted by Crippen LogP contribution is 2.32. The zero-order valence-electron chi connectivity index (χ0n) is 16.7. The number of amides is 3. The van der Waals surface area contributed by atoms with Gasteiger partial charge in [-0.25, -0.2) is 9.69 Å². The van der Waals surface area contributed by atoms with Crippen molar-refractivity contribution in [3.8, 4) is 0 Å². The normalized spacial score (nSPS) is 29.5. The van der Waals surface area contributed by atoms with Crippen molar-refractivity contribution in [1.82, 2.24) is 15.1 Å². The fourth-order valence-corrected chi connectivity index (χ4v) is 4.90. The first-order valence-corrected chi connectivity index (χ1v) is 10.5. The van der Waals surface area contributed by atoms with Crippen LogP contribution in [0.1, 0.15) is 85.0 Å². The fraction of sp³-hybridized carbons (Fsp3) is 0.810. The van der Waals surface area contributed by atoms with Crippen molar-refractivity contribution >= 4 is 11.9 Å². The van der Waals surface area contributed by atoms with Crippen LogP contribution in [0.25, 0.3) is 0 Å². The maximum absolute atomic E-state index is 13.1. The lowest BCUT2D eigenvalue weighted by Crippen LogP contribution is -2.52. The molecule has 3 fully saturated rings. The first kappa shape index (κ1) is 19.4. The van der Waals surface area contributed by atoms with Crippen LogP contribution in [0.3, 0.4) is 0 Å². The van der Waals surface area contributed by atoms with E-state index in [-0.39, 0.29) is 11.9 Å². The van der Waals surface area contributed by atoms with Gasteiger partial charge in [-0.3, -0.25) is 9.69 Å². The number of allylic oxidation sites excluding steroid dienone is 1. The largest absolute Gasteiger partial charge is 0.326 e. The summed E-state index contributed by atoms with van der Waals surface area (Å²) < 4.78 is 0. The molecular formula is C21H35N3O2. The highest BCUT2D eigenvalue weighted by Gasteiger charge is 2.49. The van der Waals surface area contributed by atoms with Crippen LogP contribution in [-0.2, 0) is 4.79 Å². The first-order valence-electron chi connectivity index (χ1n) is 10.5. The van der Waals surface area contributed by atoms with E-state index in [4.69, 9.17) is 0 Å². The molecular weight excluding hydrogens is 326 g/mol. The lowest BCUT2D eigenvalue weighted by Gasteiger charge is -2.42. The standard InChI is InChI=1S/C21H35N3O2/c1-4-16(2)21(3)19(25)24(20(26)22-21)15-23(17-11-7-5-8-12-17)18-13-9-6-10-14-18/h4,17-18H,5-15H2,1-3H3,(H,22,26). The van der Waals surface area contributed by atoms with Gasteiger partial charge in [0, 0.05) is 12.1 Å². The number of rotatable bonds is 5. The third-order valence-electron chi connectivity index (χ3n) is 6.89. The molecule has 1 heterocycles. The molecule has 3 amide bonds. The molecule has 1 saturated heterocycles. The average Bonchev–Trinajstić information content (AvgIpc) is 2.90. The Morgan fingerprint density at radius 2 is 1.58 bits per heavy atom. The molecule has 2 saturated carbocycles. The van der Waals surface area contributed by atoms with Gasteiger partial charge < -0.3 is 5.32 Å². The number of imide groups is 1. The molecule has 0 aromatic carbocycles. The van der Waals surface area contributed by atoms with Crippen molar-refractivity contribution in [2.75, 3.05) is 6.67 Å². The number of carbonyl (C=O) groups is 2. The number of hydrogen-bond acceptors (Lipinski definition) is 3. The predicted octanol–water partition coefficient (Wildman–Crippen LogP) is 4.19. The van der Waals surface area contributed by atoms with Crippen LogP contribution in [0.2, 0.25) is 0 Å². The Labute approximate surface area is 158 Å². The van der Waals surface area contributed by atoms with Gasteiger partial charge in [-0.15, -0.1) is 0 Å². The Hall–Kier alpha value is -1.36. The van der Waals surface area contributed by atoms with Crippen LogP contribution < -0.4 is 5.32 Å². The Kier molecular flexibility index (Phi) is 6.06. The molecule has 1 atom stereocenters. The Morgan fingerprint density at radius 1 is 1.08 bits per heavy atom. The van der Waals surface area contributed by atoms with E-state index in [0.717, 1.165) is 5.57 Å². The van der Waals surface area contributed by atoms with Crippen LogP contribution in [-0.4, -0.2) is 46.0 Å². The lowest BCUT2D eigenvalue weighted by atomic mass is 9.89. The molecule has 5 nitrogen and oxygen atoms in total. The van der Waals surface area contributed by atoms with Gasteiger partial charge >= 0.3 is 6.03 Å². The number of nitrogens with zero attached hydrogens (tertiary/aromatic N) is 2. The van der Waals surface area contributed by atoms with E-state index in [9.17, 15) is 9.59 Å². The molecule has 2 aliphatic carbocycles. The topological polar surface area (TPSA) is 52.7 Å². The zero-order chi connectivity index (χ0) is 18.7. The number of urea groups is 1. The summed E-state index contributed by atoms with van der Waals surface area (Å²) in [7, 11) is 0. The summed E-state index contributed by atoms with van der Waals surface area (Å²) in [6.45, 7) is 6.11. The van der Waals surface area contributed by atoms with Crippen molar-refractivity contribution in [3.63, 3.8) is 0 Å². The van der Waals surface area contributed by atoms with Crippen molar-refractivity contribution < 1.29 is 9.59 Å². The molecule has 1 N–H and O–H groups in total. The quantitative estimate of drug-likeness (QED) is 0.590. The molecule has 0 radical (unpaired) electrons. The van der Waals surface area contributed by atoms with E-state index in [1.807, 2.05) is 26.8 Å². The highest BCUT2D eigenvalue weighted by atomic mass is 16.2. The summed E-state index contributed by atoms with van der Waals surface area (Å²) in [6, 6.07) is 0.791. The second kappa shape index (κ2) is 8.12. The molecule has 146 valence electrons. The smallest absolute Gasteiger partial charge is 0.320 e. The Bertz CT molecular complexity index is 544. The summed E-state index contributed by atoms with van der Waals surface area (Å²) >= 11 is 0. The van der Waals surface area contributed by atoms with Crippen LogP contribution in [0.4, 0.5) is 4.79 Å². The van der Waals surface area contributed by atoms with Crippen LogP contribution in [0.15, 0.2) is 11.6 Å². The van der Waals surface area contributed by atoms with E-state index in [1.54, 1.807) is 0 Å².